The summed E-state index contributed by atoms with van der Waals surface area (Å²) < 4.78 is 2.28. The molecule has 1 aliphatic heterocycles. The Bertz CT molecular complexity index is 573. The van der Waals surface area contributed by atoms with Gasteiger partial charge in [0.25, 0.3) is 0 Å². The highest BCUT2D eigenvalue weighted by molar-refractivity contribution is 5.23. The zero-order chi connectivity index (χ0) is 13.9. The molecule has 3 nitrogen and oxygen atoms in total. The van der Waals surface area contributed by atoms with Gasteiger partial charge in [0.15, 0.2) is 0 Å². The highest BCUT2D eigenvalue weighted by Gasteiger charge is 2.22. The maximum Gasteiger partial charge on any atom is 0.0951 e. The van der Waals surface area contributed by atoms with Crippen LogP contribution < -0.4 is 5.32 Å². The Morgan fingerprint density at radius 2 is 2.25 bits per heavy atom. The Morgan fingerprint density at radius 3 is 3.05 bits per heavy atom. The quantitative estimate of drug-likeness (QED) is 0.925. The Kier molecular flexibility index (Phi) is 3.88. The molecule has 20 heavy (non-hydrogen) atoms. The van der Waals surface area contributed by atoms with Crippen molar-refractivity contribution >= 4 is 0 Å². The maximum absolute atomic E-state index is 4.36. The Balaban J connectivity index is 1.79. The fraction of sp³-hybridized carbons (Fsp3) is 0.471. The highest BCUT2D eigenvalue weighted by atomic mass is 15.1. The van der Waals surface area contributed by atoms with E-state index in [0.29, 0.717) is 12.1 Å². The van der Waals surface area contributed by atoms with Gasteiger partial charge in [0.1, 0.15) is 0 Å². The van der Waals surface area contributed by atoms with Gasteiger partial charge in [0.2, 0.25) is 0 Å². The first kappa shape index (κ1) is 13.4. The van der Waals surface area contributed by atoms with Gasteiger partial charge in [0, 0.05) is 24.8 Å². The van der Waals surface area contributed by atoms with Crippen molar-refractivity contribution in [2.45, 2.75) is 51.7 Å². The van der Waals surface area contributed by atoms with Crippen LogP contribution in [0.15, 0.2) is 36.8 Å². The molecule has 0 spiro atoms. The van der Waals surface area contributed by atoms with E-state index in [0.717, 1.165) is 6.54 Å². The largest absolute Gasteiger partial charge is 0.329 e. The topological polar surface area (TPSA) is 29.9 Å². The lowest BCUT2D eigenvalue weighted by Crippen LogP contribution is -2.35. The molecule has 2 atom stereocenters. The maximum atomic E-state index is 4.36. The van der Waals surface area contributed by atoms with Crippen LogP contribution in [0.5, 0.6) is 0 Å². The molecule has 3 heteroatoms. The highest BCUT2D eigenvalue weighted by Crippen LogP contribution is 2.25. The van der Waals surface area contributed by atoms with E-state index in [1.54, 1.807) is 0 Å². The molecule has 0 bridgehead atoms. The minimum Gasteiger partial charge on any atom is -0.329 e. The second-order valence-corrected chi connectivity index (χ2v) is 5.99. The van der Waals surface area contributed by atoms with Crippen LogP contribution in [0, 0.1) is 6.92 Å². The zero-order valence-electron chi connectivity index (χ0n) is 12.3. The Morgan fingerprint density at radius 1 is 1.35 bits per heavy atom. The normalized spacial score (nSPS) is 22.9. The predicted molar refractivity (Wildman–Crippen MR) is 81.7 cm³/mol. The molecule has 1 aromatic heterocycles. The van der Waals surface area contributed by atoms with Gasteiger partial charge >= 0.3 is 0 Å². The smallest absolute Gasteiger partial charge is 0.0951 e. The van der Waals surface area contributed by atoms with E-state index in [4.69, 9.17) is 0 Å². The van der Waals surface area contributed by atoms with Crippen LogP contribution in [0.25, 0.3) is 0 Å². The standard InChI is InChI=1S/C17H23N3/c1-13-5-3-7-15(9-13)11-20-12-18-10-17(20)16-8-4-6-14(2)19-16/h3,5,7,9-10,12,14,16,19H,4,6,8,11H2,1-2H3. The van der Waals surface area contributed by atoms with Crippen LogP contribution in [-0.2, 0) is 6.54 Å². The molecular weight excluding hydrogens is 246 g/mol. The summed E-state index contributed by atoms with van der Waals surface area (Å²) in [5.41, 5.74) is 3.97. The van der Waals surface area contributed by atoms with Gasteiger partial charge in [0.05, 0.1) is 12.0 Å². The number of aryl methyl sites for hydroxylation is 1. The molecule has 2 aromatic rings. The fourth-order valence-corrected chi connectivity index (χ4v) is 3.13. The molecule has 0 amide bonds. The van der Waals surface area contributed by atoms with Crippen LogP contribution in [0.2, 0.25) is 0 Å². The number of rotatable bonds is 3. The van der Waals surface area contributed by atoms with Crippen molar-refractivity contribution in [1.82, 2.24) is 14.9 Å². The van der Waals surface area contributed by atoms with E-state index < -0.39 is 0 Å². The van der Waals surface area contributed by atoms with Crippen LogP contribution in [0.3, 0.4) is 0 Å². The summed E-state index contributed by atoms with van der Waals surface area (Å²) >= 11 is 0. The van der Waals surface area contributed by atoms with Crippen molar-refractivity contribution in [3.8, 4) is 0 Å². The summed E-state index contributed by atoms with van der Waals surface area (Å²) in [5, 5.41) is 3.70. The van der Waals surface area contributed by atoms with Gasteiger partial charge in [-0.1, -0.05) is 29.8 Å². The van der Waals surface area contributed by atoms with Crippen molar-refractivity contribution < 1.29 is 0 Å². The molecule has 0 radical (unpaired) electrons. The lowest BCUT2D eigenvalue weighted by Gasteiger charge is -2.29. The Labute approximate surface area is 121 Å². The van der Waals surface area contributed by atoms with Crippen LogP contribution >= 0.6 is 0 Å². The van der Waals surface area contributed by atoms with E-state index in [9.17, 15) is 0 Å². The summed E-state index contributed by atoms with van der Waals surface area (Å²) in [4.78, 5) is 4.36. The van der Waals surface area contributed by atoms with E-state index in [-0.39, 0.29) is 0 Å². The van der Waals surface area contributed by atoms with Crippen molar-refractivity contribution in [2.75, 3.05) is 0 Å². The molecule has 3 rings (SSSR count). The van der Waals surface area contributed by atoms with Gasteiger partial charge in [-0.15, -0.1) is 0 Å². The second kappa shape index (κ2) is 5.80. The molecule has 1 aliphatic rings. The van der Waals surface area contributed by atoms with Crippen molar-refractivity contribution in [3.05, 3.63) is 53.6 Å². The van der Waals surface area contributed by atoms with Crippen LogP contribution in [0.1, 0.15) is 49.0 Å². The SMILES string of the molecule is Cc1cccc(Cn2cncc2C2CCCC(C)N2)c1. The molecule has 1 fully saturated rings. The molecule has 1 aromatic carbocycles. The summed E-state index contributed by atoms with van der Waals surface area (Å²) in [5.74, 6) is 0. The van der Waals surface area contributed by atoms with Gasteiger partial charge in [-0.25, -0.2) is 4.98 Å². The minimum absolute atomic E-state index is 0.450. The van der Waals surface area contributed by atoms with Gasteiger partial charge < -0.3 is 9.88 Å². The van der Waals surface area contributed by atoms with E-state index in [1.807, 2.05) is 12.5 Å². The number of nitrogens with one attached hydrogen (secondary N) is 1. The lowest BCUT2D eigenvalue weighted by molar-refractivity contribution is 0.330. The monoisotopic (exact) mass is 269 g/mol. The molecular formula is C17H23N3. The number of benzene rings is 1. The molecule has 106 valence electrons. The van der Waals surface area contributed by atoms with Gasteiger partial charge in [-0.2, -0.15) is 0 Å². The van der Waals surface area contributed by atoms with Crippen molar-refractivity contribution in [2.24, 2.45) is 0 Å². The number of hydrogen-bond donors (Lipinski definition) is 1. The number of piperidine rings is 1. The molecule has 2 heterocycles. The van der Waals surface area contributed by atoms with Gasteiger partial charge in [-0.3, -0.25) is 0 Å². The van der Waals surface area contributed by atoms with Crippen LogP contribution in [-0.4, -0.2) is 15.6 Å². The molecule has 1 N–H and O–H groups in total. The number of imidazole rings is 1. The predicted octanol–water partition coefficient (Wildman–Crippen LogP) is 3.44. The third kappa shape index (κ3) is 2.93. The molecule has 0 saturated carbocycles. The lowest BCUT2D eigenvalue weighted by atomic mass is 9.97. The fourth-order valence-electron chi connectivity index (χ4n) is 3.13. The second-order valence-electron chi connectivity index (χ2n) is 5.99. The third-order valence-corrected chi connectivity index (χ3v) is 4.15. The number of hydrogen-bond acceptors (Lipinski definition) is 2. The summed E-state index contributed by atoms with van der Waals surface area (Å²) in [7, 11) is 0. The average Bonchev–Trinajstić information content (AvgIpc) is 2.87. The zero-order valence-corrected chi connectivity index (χ0v) is 12.3. The van der Waals surface area contributed by atoms with Crippen molar-refractivity contribution in [3.63, 3.8) is 0 Å². The Hall–Kier alpha value is -1.61. The van der Waals surface area contributed by atoms with E-state index in [1.165, 1.54) is 36.1 Å². The summed E-state index contributed by atoms with van der Waals surface area (Å²) in [6, 6.07) is 9.77. The molecule has 2 unspecified atom stereocenters. The number of nitrogens with zero attached hydrogens (tertiary/aromatic N) is 2. The third-order valence-electron chi connectivity index (χ3n) is 4.15. The molecule has 0 aliphatic carbocycles. The first-order chi connectivity index (χ1) is 9.72. The number of aromatic nitrogens is 2. The summed E-state index contributed by atoms with van der Waals surface area (Å²) in [6.07, 6.45) is 7.77. The minimum atomic E-state index is 0.450. The first-order valence-electron chi connectivity index (χ1n) is 7.54. The van der Waals surface area contributed by atoms with Crippen molar-refractivity contribution in [1.29, 1.82) is 0 Å². The van der Waals surface area contributed by atoms with Crippen LogP contribution in [0.4, 0.5) is 0 Å². The van der Waals surface area contributed by atoms with Gasteiger partial charge in [-0.05, 0) is 38.7 Å². The van der Waals surface area contributed by atoms with E-state index >= 15 is 0 Å². The summed E-state index contributed by atoms with van der Waals surface area (Å²) in [6.45, 7) is 5.32. The van der Waals surface area contributed by atoms with E-state index in [2.05, 4.69) is 53.0 Å². The molecule has 1 saturated heterocycles. The first-order valence-corrected chi connectivity index (χ1v) is 7.54. The average molecular weight is 269 g/mol.